The first-order valence-corrected chi connectivity index (χ1v) is 9.48. The van der Waals surface area contributed by atoms with Crippen molar-refractivity contribution in [1.29, 1.82) is 0 Å². The normalized spacial score (nSPS) is 17.1. The van der Waals surface area contributed by atoms with Gasteiger partial charge in [-0.1, -0.05) is 0 Å². The number of aryl methyl sites for hydroxylation is 3. The molecular formula is C21H23FN4O2. The molecule has 0 unspecified atom stereocenters. The monoisotopic (exact) mass is 382 g/mol. The number of hydrogen-bond donors (Lipinski definition) is 1. The Bertz CT molecular complexity index is 1030. The second-order valence-electron chi connectivity index (χ2n) is 7.34. The molecule has 0 bridgehead atoms. The summed E-state index contributed by atoms with van der Waals surface area (Å²) in [7, 11) is 0. The van der Waals surface area contributed by atoms with Gasteiger partial charge in [0.2, 0.25) is 11.6 Å². The number of rotatable bonds is 3. The highest BCUT2D eigenvalue weighted by atomic mass is 19.1. The summed E-state index contributed by atoms with van der Waals surface area (Å²) in [6.45, 7) is 7.17. The van der Waals surface area contributed by atoms with Gasteiger partial charge in [0.15, 0.2) is 0 Å². The van der Waals surface area contributed by atoms with E-state index in [0.717, 1.165) is 41.9 Å². The number of furan rings is 1. The van der Waals surface area contributed by atoms with Gasteiger partial charge in [0, 0.05) is 24.3 Å². The first-order chi connectivity index (χ1) is 13.4. The molecule has 7 heteroatoms. The van der Waals surface area contributed by atoms with Crippen LogP contribution in [0, 0.1) is 32.5 Å². The fraction of sp³-hybridized carbons (Fsp3) is 0.381. The van der Waals surface area contributed by atoms with Gasteiger partial charge < -0.3 is 14.6 Å². The predicted molar refractivity (Wildman–Crippen MR) is 106 cm³/mol. The third kappa shape index (κ3) is 3.44. The Morgan fingerprint density at radius 2 is 1.96 bits per heavy atom. The highest BCUT2D eigenvalue weighted by molar-refractivity contribution is 5.94. The molecule has 1 aliphatic rings. The molecule has 0 radical (unpaired) electrons. The zero-order chi connectivity index (χ0) is 19.8. The highest BCUT2D eigenvalue weighted by Crippen LogP contribution is 2.33. The average Bonchev–Trinajstić information content (AvgIpc) is 2.96. The van der Waals surface area contributed by atoms with Crippen molar-refractivity contribution in [3.05, 3.63) is 47.2 Å². The lowest BCUT2D eigenvalue weighted by Crippen LogP contribution is -2.41. The van der Waals surface area contributed by atoms with Crippen molar-refractivity contribution in [2.24, 2.45) is 5.92 Å². The molecule has 3 aromatic rings. The van der Waals surface area contributed by atoms with Crippen molar-refractivity contribution in [2.75, 3.05) is 23.3 Å². The molecular weight excluding hydrogens is 359 g/mol. The summed E-state index contributed by atoms with van der Waals surface area (Å²) in [4.78, 5) is 24.0. The molecule has 1 amide bonds. The standard InChI is InChI=1S/C21H23FN4O2/c1-12-13(2)28-21-18(12)19(23-14(3)24-21)26-10-4-5-15(11-26)20(27)25-17-8-6-16(22)7-9-17/h6-9,15H,4-5,10-11H2,1-3H3,(H,25,27)/t15-/m0/s1. The third-order valence-corrected chi connectivity index (χ3v) is 5.32. The van der Waals surface area contributed by atoms with Crippen LogP contribution in [-0.4, -0.2) is 29.0 Å². The molecule has 146 valence electrons. The van der Waals surface area contributed by atoms with Crippen molar-refractivity contribution in [3.8, 4) is 0 Å². The van der Waals surface area contributed by atoms with E-state index in [1.807, 2.05) is 20.8 Å². The van der Waals surface area contributed by atoms with Gasteiger partial charge >= 0.3 is 0 Å². The number of fused-ring (bicyclic) bond motifs is 1. The zero-order valence-corrected chi connectivity index (χ0v) is 16.3. The number of hydrogen-bond acceptors (Lipinski definition) is 5. The number of carbonyl (C=O) groups excluding carboxylic acids is 1. The van der Waals surface area contributed by atoms with E-state index in [2.05, 4.69) is 20.2 Å². The van der Waals surface area contributed by atoms with Crippen LogP contribution in [0.2, 0.25) is 0 Å². The number of piperidine rings is 1. The van der Waals surface area contributed by atoms with Gasteiger partial charge in [0.1, 0.15) is 23.2 Å². The van der Waals surface area contributed by atoms with E-state index in [9.17, 15) is 9.18 Å². The van der Waals surface area contributed by atoms with E-state index >= 15 is 0 Å². The van der Waals surface area contributed by atoms with Crippen LogP contribution in [-0.2, 0) is 4.79 Å². The number of carbonyl (C=O) groups is 1. The Morgan fingerprint density at radius 3 is 2.71 bits per heavy atom. The molecule has 1 N–H and O–H groups in total. The second-order valence-corrected chi connectivity index (χ2v) is 7.34. The van der Waals surface area contributed by atoms with E-state index < -0.39 is 0 Å². The van der Waals surface area contributed by atoms with Crippen molar-refractivity contribution in [3.63, 3.8) is 0 Å². The Labute approximate surface area is 162 Å². The maximum absolute atomic E-state index is 13.1. The molecule has 6 nitrogen and oxygen atoms in total. The van der Waals surface area contributed by atoms with Crippen molar-refractivity contribution >= 4 is 28.5 Å². The third-order valence-electron chi connectivity index (χ3n) is 5.32. The summed E-state index contributed by atoms with van der Waals surface area (Å²) in [5.41, 5.74) is 2.23. The van der Waals surface area contributed by atoms with E-state index in [0.29, 0.717) is 23.8 Å². The van der Waals surface area contributed by atoms with Gasteiger partial charge in [0.05, 0.1) is 11.3 Å². The Morgan fingerprint density at radius 1 is 1.21 bits per heavy atom. The van der Waals surface area contributed by atoms with Crippen LogP contribution in [0.15, 0.2) is 28.7 Å². The molecule has 0 aliphatic carbocycles. The highest BCUT2D eigenvalue weighted by Gasteiger charge is 2.29. The van der Waals surface area contributed by atoms with Crippen LogP contribution < -0.4 is 10.2 Å². The van der Waals surface area contributed by atoms with Crippen LogP contribution in [0.4, 0.5) is 15.9 Å². The van der Waals surface area contributed by atoms with Crippen LogP contribution in [0.5, 0.6) is 0 Å². The Hall–Kier alpha value is -2.96. The van der Waals surface area contributed by atoms with E-state index in [-0.39, 0.29) is 17.6 Å². The number of anilines is 2. The van der Waals surface area contributed by atoms with Crippen LogP contribution in [0.1, 0.15) is 30.0 Å². The smallest absolute Gasteiger partial charge is 0.231 e. The minimum Gasteiger partial charge on any atom is -0.443 e. The lowest BCUT2D eigenvalue weighted by molar-refractivity contribution is -0.120. The van der Waals surface area contributed by atoms with Gasteiger partial charge in [-0.3, -0.25) is 4.79 Å². The fourth-order valence-corrected chi connectivity index (χ4v) is 3.72. The predicted octanol–water partition coefficient (Wildman–Crippen LogP) is 4.14. The van der Waals surface area contributed by atoms with Crippen molar-refractivity contribution < 1.29 is 13.6 Å². The van der Waals surface area contributed by atoms with Crippen molar-refractivity contribution in [1.82, 2.24) is 9.97 Å². The first-order valence-electron chi connectivity index (χ1n) is 9.48. The number of aromatic nitrogens is 2. The van der Waals surface area contributed by atoms with E-state index in [4.69, 9.17) is 4.42 Å². The molecule has 1 atom stereocenters. The number of benzene rings is 1. The van der Waals surface area contributed by atoms with Gasteiger partial charge in [-0.2, -0.15) is 4.98 Å². The fourth-order valence-electron chi connectivity index (χ4n) is 3.72. The van der Waals surface area contributed by atoms with Gasteiger partial charge in [-0.25, -0.2) is 9.37 Å². The van der Waals surface area contributed by atoms with E-state index in [1.165, 1.54) is 12.1 Å². The maximum atomic E-state index is 13.1. The number of amides is 1. The largest absolute Gasteiger partial charge is 0.443 e. The van der Waals surface area contributed by atoms with Crippen LogP contribution >= 0.6 is 0 Å². The van der Waals surface area contributed by atoms with Gasteiger partial charge in [-0.05, 0) is 57.9 Å². The molecule has 28 heavy (non-hydrogen) atoms. The van der Waals surface area contributed by atoms with Gasteiger partial charge in [0.25, 0.3) is 0 Å². The lowest BCUT2D eigenvalue weighted by atomic mass is 9.96. The van der Waals surface area contributed by atoms with E-state index in [1.54, 1.807) is 12.1 Å². The van der Waals surface area contributed by atoms with Crippen molar-refractivity contribution in [2.45, 2.75) is 33.6 Å². The van der Waals surface area contributed by atoms with Crippen LogP contribution in [0.25, 0.3) is 11.1 Å². The molecule has 3 heterocycles. The quantitative estimate of drug-likeness (QED) is 0.737. The number of halogens is 1. The Balaban J connectivity index is 1.58. The minimum atomic E-state index is -0.323. The molecule has 4 rings (SSSR count). The second kappa shape index (κ2) is 7.22. The zero-order valence-electron chi connectivity index (χ0n) is 16.3. The first kappa shape index (κ1) is 18.4. The number of nitrogens with zero attached hydrogens (tertiary/aromatic N) is 3. The lowest BCUT2D eigenvalue weighted by Gasteiger charge is -2.33. The number of nitrogens with one attached hydrogen (secondary N) is 1. The SMILES string of the molecule is Cc1nc(N2CCC[C@H](C(=O)Nc3ccc(F)cc3)C2)c2c(C)c(C)oc2n1. The van der Waals surface area contributed by atoms with Gasteiger partial charge in [-0.15, -0.1) is 0 Å². The summed E-state index contributed by atoms with van der Waals surface area (Å²) in [5, 5.41) is 3.81. The molecule has 0 spiro atoms. The molecule has 1 aromatic carbocycles. The molecule has 0 saturated carbocycles. The molecule has 1 saturated heterocycles. The summed E-state index contributed by atoms with van der Waals surface area (Å²) >= 11 is 0. The molecule has 1 fully saturated rings. The molecule has 2 aromatic heterocycles. The average molecular weight is 382 g/mol. The summed E-state index contributed by atoms with van der Waals surface area (Å²) in [6.07, 6.45) is 1.70. The maximum Gasteiger partial charge on any atom is 0.231 e. The topological polar surface area (TPSA) is 71.3 Å². The van der Waals surface area contributed by atoms with Crippen LogP contribution in [0.3, 0.4) is 0 Å². The minimum absolute atomic E-state index is 0.0570. The summed E-state index contributed by atoms with van der Waals surface area (Å²) < 4.78 is 18.9. The summed E-state index contributed by atoms with van der Waals surface area (Å²) in [6, 6.07) is 5.83. The Kier molecular flexibility index (Phi) is 4.75. The summed E-state index contributed by atoms with van der Waals surface area (Å²) in [5.74, 6) is 1.76. The molecule has 1 aliphatic heterocycles.